The number of benzene rings is 2. The first-order valence-corrected chi connectivity index (χ1v) is 10.4. The summed E-state index contributed by atoms with van der Waals surface area (Å²) in [4.78, 5) is 24.1. The number of aliphatic carboxylic acids is 2. The minimum atomic E-state index is -1.08. The van der Waals surface area contributed by atoms with Crippen molar-refractivity contribution in [2.24, 2.45) is 0 Å². The minimum absolute atomic E-state index is 0.213. The summed E-state index contributed by atoms with van der Waals surface area (Å²) in [6.07, 6.45) is 1.38. The first kappa shape index (κ1) is 23.4. The topological polar surface area (TPSA) is 91.0 Å². The molecule has 30 heavy (non-hydrogen) atoms. The van der Waals surface area contributed by atoms with Crippen molar-refractivity contribution in [2.75, 3.05) is 13.1 Å². The fraction of sp³-hybridized carbons (Fsp3) is 0.318. The lowest BCUT2D eigenvalue weighted by molar-refractivity contribution is -0.143. The summed E-state index contributed by atoms with van der Waals surface area (Å²) in [5.74, 6) is -1.61. The molecular formula is C22H23FN2O4S. The Kier molecular flexibility index (Phi) is 9.32. The number of carbonyl (C=O) groups is 2. The molecule has 0 unspecified atom stereocenters. The first-order chi connectivity index (χ1) is 14.4. The lowest BCUT2D eigenvalue weighted by Crippen LogP contribution is -2.16. The summed E-state index contributed by atoms with van der Waals surface area (Å²) in [5.41, 5.74) is 4.46. The van der Waals surface area contributed by atoms with Crippen LogP contribution in [0.4, 0.5) is 10.1 Å². The van der Waals surface area contributed by atoms with E-state index in [2.05, 4.69) is 16.2 Å². The molecule has 0 bridgehead atoms. The molecule has 0 spiro atoms. The normalized spacial score (nSPS) is 12.5. The van der Waals surface area contributed by atoms with Gasteiger partial charge in [0.1, 0.15) is 5.82 Å². The highest BCUT2D eigenvalue weighted by atomic mass is 32.2. The van der Waals surface area contributed by atoms with E-state index < -0.39 is 11.9 Å². The van der Waals surface area contributed by atoms with Gasteiger partial charge in [0.15, 0.2) is 0 Å². The third kappa shape index (κ3) is 7.50. The molecular weight excluding hydrogens is 407 g/mol. The number of hydrogen-bond acceptors (Lipinski definition) is 4. The Labute approximate surface area is 178 Å². The average Bonchev–Trinajstić information content (AvgIpc) is 2.97. The van der Waals surface area contributed by atoms with Crippen LogP contribution >= 0.6 is 11.8 Å². The van der Waals surface area contributed by atoms with Crippen LogP contribution in [0, 0.1) is 12.4 Å². The summed E-state index contributed by atoms with van der Waals surface area (Å²) in [5, 5.41) is 19.2. The van der Waals surface area contributed by atoms with Gasteiger partial charge in [-0.2, -0.15) is 0 Å². The molecule has 1 aliphatic rings. The molecule has 0 atom stereocenters. The van der Waals surface area contributed by atoms with Gasteiger partial charge in [0.05, 0.1) is 19.4 Å². The van der Waals surface area contributed by atoms with E-state index in [4.69, 9.17) is 16.8 Å². The monoisotopic (exact) mass is 430 g/mol. The van der Waals surface area contributed by atoms with E-state index in [1.807, 2.05) is 18.2 Å². The Balaban J connectivity index is 0.000000343. The van der Waals surface area contributed by atoms with Crippen LogP contribution in [0.3, 0.4) is 0 Å². The summed E-state index contributed by atoms with van der Waals surface area (Å²) < 4.78 is 13.0. The van der Waals surface area contributed by atoms with E-state index >= 15 is 0 Å². The number of fused-ring (bicyclic) bond motifs is 1. The van der Waals surface area contributed by atoms with Gasteiger partial charge >= 0.3 is 11.9 Å². The van der Waals surface area contributed by atoms with Crippen molar-refractivity contribution in [3.05, 3.63) is 70.3 Å². The molecule has 8 heteroatoms. The number of thioether (sulfide) groups is 1. The molecule has 0 amide bonds. The van der Waals surface area contributed by atoms with E-state index in [0.717, 1.165) is 47.8 Å². The number of nitrogens with one attached hydrogen (secondary N) is 1. The maximum atomic E-state index is 13.0. The Hall–Kier alpha value is -2.89. The van der Waals surface area contributed by atoms with Gasteiger partial charge in [-0.15, -0.1) is 11.8 Å². The second kappa shape index (κ2) is 12.0. The van der Waals surface area contributed by atoms with Crippen molar-refractivity contribution in [2.45, 2.75) is 36.3 Å². The molecule has 0 aromatic heterocycles. The van der Waals surface area contributed by atoms with Gasteiger partial charge in [0.2, 0.25) is 5.69 Å². The summed E-state index contributed by atoms with van der Waals surface area (Å²) in [6, 6.07) is 10.6. The van der Waals surface area contributed by atoms with Crippen LogP contribution in [-0.4, -0.2) is 35.2 Å². The maximum absolute atomic E-state index is 13.0. The van der Waals surface area contributed by atoms with Crippen LogP contribution < -0.4 is 5.32 Å². The smallest absolute Gasteiger partial charge is 0.303 e. The Morgan fingerprint density at radius 2 is 1.67 bits per heavy atom. The zero-order chi connectivity index (χ0) is 21.9. The summed E-state index contributed by atoms with van der Waals surface area (Å²) >= 11 is 1.69. The maximum Gasteiger partial charge on any atom is 0.303 e. The minimum Gasteiger partial charge on any atom is -0.481 e. The van der Waals surface area contributed by atoms with Gasteiger partial charge in [-0.05, 0) is 54.8 Å². The fourth-order valence-corrected chi connectivity index (χ4v) is 4.10. The molecule has 2 aromatic carbocycles. The number of hydrogen-bond donors (Lipinski definition) is 3. The summed E-state index contributed by atoms with van der Waals surface area (Å²) in [6.45, 7) is 9.36. The van der Waals surface area contributed by atoms with Crippen LogP contribution in [0.25, 0.3) is 4.85 Å². The van der Waals surface area contributed by atoms with Crippen molar-refractivity contribution in [3.8, 4) is 0 Å². The second-order valence-corrected chi connectivity index (χ2v) is 7.60. The molecule has 1 heterocycles. The molecule has 0 saturated heterocycles. The molecule has 0 radical (unpaired) electrons. The van der Waals surface area contributed by atoms with E-state index in [9.17, 15) is 14.0 Å². The van der Waals surface area contributed by atoms with Crippen molar-refractivity contribution in [1.82, 2.24) is 5.32 Å². The summed E-state index contributed by atoms with van der Waals surface area (Å²) in [7, 11) is 0. The van der Waals surface area contributed by atoms with Crippen LogP contribution in [0.5, 0.6) is 0 Å². The van der Waals surface area contributed by atoms with Gasteiger partial charge in [-0.3, -0.25) is 9.59 Å². The van der Waals surface area contributed by atoms with Gasteiger partial charge < -0.3 is 15.5 Å². The van der Waals surface area contributed by atoms with Gasteiger partial charge in [0, 0.05) is 10.6 Å². The Bertz CT molecular complexity index is 912. The third-order valence-electron chi connectivity index (χ3n) is 4.43. The van der Waals surface area contributed by atoms with Crippen LogP contribution in [0.15, 0.2) is 41.3 Å². The molecule has 6 nitrogen and oxygen atoms in total. The number of halogens is 1. The highest BCUT2D eigenvalue weighted by Crippen LogP contribution is 2.37. The highest BCUT2D eigenvalue weighted by molar-refractivity contribution is 7.98. The van der Waals surface area contributed by atoms with Crippen molar-refractivity contribution >= 4 is 29.4 Å². The Morgan fingerprint density at radius 3 is 2.27 bits per heavy atom. The van der Waals surface area contributed by atoms with Gasteiger partial charge in [0.25, 0.3) is 0 Å². The predicted octanol–water partition coefficient (Wildman–Crippen LogP) is 4.29. The standard InChI is InChI=1S/C18H17FN2S.C4H6O4/c1-20-17-7-4-14-8-10-21-11-9-16(14)18(17)22-12-13-2-5-15(19)6-3-13;5-3(6)1-2-4(7)8/h2-7,21H,8-12H2;1-2H2,(H,5,6)(H,7,8). The van der Waals surface area contributed by atoms with Crippen LogP contribution in [0.2, 0.25) is 0 Å². The van der Waals surface area contributed by atoms with Crippen molar-refractivity contribution in [1.29, 1.82) is 0 Å². The lowest BCUT2D eigenvalue weighted by atomic mass is 10.0. The third-order valence-corrected chi connectivity index (χ3v) is 5.65. The fourth-order valence-electron chi connectivity index (χ4n) is 2.93. The quantitative estimate of drug-likeness (QED) is 0.468. The first-order valence-electron chi connectivity index (χ1n) is 9.44. The average molecular weight is 431 g/mol. The zero-order valence-electron chi connectivity index (χ0n) is 16.4. The van der Waals surface area contributed by atoms with E-state index in [0.29, 0.717) is 0 Å². The highest BCUT2D eigenvalue weighted by Gasteiger charge is 2.16. The number of rotatable bonds is 6. The second-order valence-electron chi connectivity index (χ2n) is 6.62. The molecule has 3 rings (SSSR count). The molecule has 0 saturated carbocycles. The number of carboxylic acid groups (broad SMARTS) is 2. The number of nitrogens with zero attached hydrogens (tertiary/aromatic N) is 1. The molecule has 3 N–H and O–H groups in total. The SMILES string of the molecule is O=C(O)CCC(=O)O.[C-]#[N+]c1ccc2c(c1SCc1ccc(F)cc1)CCNCC2. The van der Waals surface area contributed by atoms with Crippen LogP contribution in [0.1, 0.15) is 29.5 Å². The largest absolute Gasteiger partial charge is 0.481 e. The molecule has 1 aliphatic heterocycles. The van der Waals surface area contributed by atoms with E-state index in [-0.39, 0.29) is 18.7 Å². The molecule has 158 valence electrons. The van der Waals surface area contributed by atoms with Crippen molar-refractivity contribution < 1.29 is 24.2 Å². The predicted molar refractivity (Wildman–Crippen MR) is 113 cm³/mol. The molecule has 0 aliphatic carbocycles. The van der Waals surface area contributed by atoms with Crippen LogP contribution in [-0.2, 0) is 28.2 Å². The van der Waals surface area contributed by atoms with Gasteiger partial charge in [-0.1, -0.05) is 24.3 Å². The van der Waals surface area contributed by atoms with Crippen molar-refractivity contribution in [3.63, 3.8) is 0 Å². The zero-order valence-corrected chi connectivity index (χ0v) is 17.2. The van der Waals surface area contributed by atoms with E-state index in [1.165, 1.54) is 23.3 Å². The Morgan fingerprint density at radius 1 is 1.03 bits per heavy atom. The lowest BCUT2D eigenvalue weighted by Gasteiger charge is -2.14. The number of carboxylic acids is 2. The molecule has 2 aromatic rings. The van der Waals surface area contributed by atoms with Gasteiger partial charge in [-0.25, -0.2) is 9.24 Å². The molecule has 0 fully saturated rings. The van der Waals surface area contributed by atoms with E-state index in [1.54, 1.807) is 11.8 Å².